The third-order valence-electron chi connectivity index (χ3n) is 6.71. The van der Waals surface area contributed by atoms with E-state index < -0.39 is 60.9 Å². The number of carbonyl (C=O) groups excluding carboxylic acids is 2. The molecule has 3 atom stereocenters. The number of carbonyl (C=O) groups is 2. The molecule has 0 aromatic carbocycles. The van der Waals surface area contributed by atoms with E-state index in [1.54, 1.807) is 0 Å². The van der Waals surface area contributed by atoms with Crippen molar-refractivity contribution >= 4 is 17.6 Å². The van der Waals surface area contributed by atoms with Gasteiger partial charge in [0.1, 0.15) is 5.69 Å². The van der Waals surface area contributed by atoms with Crippen molar-refractivity contribution < 1.29 is 45.6 Å². The van der Waals surface area contributed by atoms with E-state index in [9.17, 15) is 31.5 Å². The zero-order chi connectivity index (χ0) is 31.0. The highest BCUT2D eigenvalue weighted by atomic mass is 19.4. The number of urea groups is 1. The zero-order valence-electron chi connectivity index (χ0n) is 23.2. The summed E-state index contributed by atoms with van der Waals surface area (Å²) in [6.07, 6.45) is -3.32. The summed E-state index contributed by atoms with van der Waals surface area (Å²) >= 11 is 0. The van der Waals surface area contributed by atoms with Crippen LogP contribution in [-0.4, -0.2) is 92.4 Å². The lowest BCUT2D eigenvalue weighted by Gasteiger charge is -2.38. The number of halogens is 5. The van der Waals surface area contributed by atoms with Gasteiger partial charge in [0.25, 0.3) is 11.8 Å². The minimum absolute atomic E-state index is 0.0677. The monoisotopic (exact) mass is 604 g/mol. The minimum Gasteiger partial charge on any atom is -0.382 e. The van der Waals surface area contributed by atoms with E-state index in [4.69, 9.17) is 9.47 Å². The third-order valence-corrected chi connectivity index (χ3v) is 6.71. The van der Waals surface area contributed by atoms with E-state index in [-0.39, 0.29) is 29.3 Å². The first kappa shape index (κ1) is 31.0. The Morgan fingerprint density at radius 1 is 1.29 bits per heavy atom. The Balaban J connectivity index is 1.70. The second-order valence-corrected chi connectivity index (χ2v) is 10.4. The number of methoxy groups -OCH3 is 1. The van der Waals surface area contributed by atoms with Gasteiger partial charge in [-0.1, -0.05) is 5.16 Å². The molecule has 2 N–H and O–H groups in total. The topological polar surface area (TPSA) is 149 Å². The molecule has 3 aromatic rings. The standard InChI is InChI=1S/C24H29F5N8O5/c1-12-18(35-42-34-12)20(38)33-19(13(2)41-22(3,4)24(27,28)29)15-8-37-17(32-15)6-14(7-31-37)16(9-40-5)36-11-23(25,26)10-30-21(36)39/h6-8,13,16,19H,9-11H2,1-5H3,(H,30,39)(H,33,38)/t13-,16+,19?/m0/s1. The quantitative estimate of drug-likeness (QED) is 0.333. The average Bonchev–Trinajstić information content (AvgIpc) is 3.51. The molecule has 1 aliphatic heterocycles. The van der Waals surface area contributed by atoms with Crippen molar-refractivity contribution in [3.05, 3.63) is 41.1 Å². The Kier molecular flexibility index (Phi) is 8.41. The summed E-state index contributed by atoms with van der Waals surface area (Å²) in [7, 11) is 1.34. The molecule has 4 heterocycles. The minimum atomic E-state index is -4.73. The molecular formula is C24H29F5N8O5. The number of hydrogen-bond donors (Lipinski definition) is 2. The number of rotatable bonds is 10. The van der Waals surface area contributed by atoms with Gasteiger partial charge in [-0.05, 0) is 38.9 Å². The number of amides is 3. The van der Waals surface area contributed by atoms with Crippen LogP contribution in [0.1, 0.15) is 60.3 Å². The second-order valence-electron chi connectivity index (χ2n) is 10.4. The Labute approximate surface area is 235 Å². The van der Waals surface area contributed by atoms with Crippen LogP contribution in [0.25, 0.3) is 5.65 Å². The molecule has 1 saturated heterocycles. The van der Waals surface area contributed by atoms with Crippen LogP contribution in [-0.2, 0) is 9.47 Å². The number of nitrogens with zero attached hydrogens (tertiary/aromatic N) is 6. The van der Waals surface area contributed by atoms with E-state index in [1.165, 1.54) is 43.9 Å². The van der Waals surface area contributed by atoms with Gasteiger partial charge in [0, 0.05) is 12.7 Å². The van der Waals surface area contributed by atoms with E-state index in [0.29, 0.717) is 5.56 Å². The summed E-state index contributed by atoms with van der Waals surface area (Å²) < 4.78 is 85.5. The average molecular weight is 605 g/mol. The van der Waals surface area contributed by atoms with Crippen LogP contribution in [0.5, 0.6) is 0 Å². The van der Waals surface area contributed by atoms with Gasteiger partial charge in [-0.25, -0.2) is 27.7 Å². The smallest absolute Gasteiger partial charge is 0.382 e. The first-order chi connectivity index (χ1) is 19.5. The third kappa shape index (κ3) is 6.43. The molecule has 0 bridgehead atoms. The van der Waals surface area contributed by atoms with Gasteiger partial charge in [0.15, 0.2) is 16.9 Å². The summed E-state index contributed by atoms with van der Waals surface area (Å²) in [6.45, 7) is 2.69. The highest BCUT2D eigenvalue weighted by Crippen LogP contribution is 2.36. The fraction of sp³-hybridized carbons (Fsp3) is 0.583. The number of ether oxygens (including phenoxy) is 2. The van der Waals surface area contributed by atoms with Crippen LogP contribution >= 0.6 is 0 Å². The maximum atomic E-state index is 14.1. The molecule has 0 saturated carbocycles. The van der Waals surface area contributed by atoms with Crippen molar-refractivity contribution in [2.24, 2.45) is 0 Å². The van der Waals surface area contributed by atoms with Gasteiger partial charge in [0.05, 0.1) is 56.0 Å². The zero-order valence-corrected chi connectivity index (χ0v) is 23.2. The first-order valence-electron chi connectivity index (χ1n) is 12.6. The second kappa shape index (κ2) is 11.4. The first-order valence-corrected chi connectivity index (χ1v) is 12.6. The summed E-state index contributed by atoms with van der Waals surface area (Å²) in [5.41, 5.74) is -2.11. The van der Waals surface area contributed by atoms with Crippen LogP contribution in [0.2, 0.25) is 0 Å². The van der Waals surface area contributed by atoms with E-state index in [2.05, 4.69) is 35.7 Å². The summed E-state index contributed by atoms with van der Waals surface area (Å²) in [5, 5.41) is 16.0. The Hall–Kier alpha value is -3.93. The van der Waals surface area contributed by atoms with Crippen molar-refractivity contribution in [1.82, 2.24) is 40.4 Å². The van der Waals surface area contributed by atoms with Crippen molar-refractivity contribution in [2.75, 3.05) is 26.8 Å². The number of aromatic nitrogens is 5. The number of hydrogen-bond acceptors (Lipinski definition) is 9. The van der Waals surface area contributed by atoms with Crippen LogP contribution < -0.4 is 10.6 Å². The van der Waals surface area contributed by atoms with Gasteiger partial charge < -0.3 is 25.0 Å². The lowest BCUT2D eigenvalue weighted by molar-refractivity contribution is -0.277. The molecule has 4 rings (SSSR count). The molecule has 230 valence electrons. The maximum absolute atomic E-state index is 14.1. The van der Waals surface area contributed by atoms with Crippen LogP contribution in [0.4, 0.5) is 26.7 Å². The molecule has 3 aromatic heterocycles. The predicted octanol–water partition coefficient (Wildman–Crippen LogP) is 2.99. The number of fused-ring (bicyclic) bond motifs is 1. The van der Waals surface area contributed by atoms with Gasteiger partial charge >= 0.3 is 12.2 Å². The molecule has 1 aliphatic rings. The van der Waals surface area contributed by atoms with Crippen LogP contribution in [0.15, 0.2) is 23.1 Å². The Morgan fingerprint density at radius 3 is 2.62 bits per heavy atom. The number of nitrogens with one attached hydrogen (secondary N) is 2. The maximum Gasteiger partial charge on any atom is 0.416 e. The lowest BCUT2D eigenvalue weighted by atomic mass is 10.1. The van der Waals surface area contributed by atoms with Crippen LogP contribution in [0.3, 0.4) is 0 Å². The Bertz CT molecular complexity index is 1440. The van der Waals surface area contributed by atoms with Crippen LogP contribution in [0, 0.1) is 6.92 Å². The van der Waals surface area contributed by atoms with Crippen molar-refractivity contribution in [3.8, 4) is 0 Å². The molecule has 0 aliphatic carbocycles. The summed E-state index contributed by atoms with van der Waals surface area (Å²) in [5.74, 6) is -3.98. The highest BCUT2D eigenvalue weighted by molar-refractivity contribution is 5.93. The molecule has 18 heteroatoms. The highest BCUT2D eigenvalue weighted by Gasteiger charge is 2.50. The van der Waals surface area contributed by atoms with Gasteiger partial charge in [-0.15, -0.1) is 0 Å². The number of aryl methyl sites for hydroxylation is 1. The fourth-order valence-electron chi connectivity index (χ4n) is 4.38. The molecule has 1 fully saturated rings. The van der Waals surface area contributed by atoms with Gasteiger partial charge in [-0.2, -0.15) is 18.3 Å². The van der Waals surface area contributed by atoms with Gasteiger partial charge in [-0.3, -0.25) is 4.79 Å². The normalized spacial score (nSPS) is 18.0. The molecule has 3 amide bonds. The molecule has 42 heavy (non-hydrogen) atoms. The van der Waals surface area contributed by atoms with Gasteiger partial charge in [0.2, 0.25) is 0 Å². The summed E-state index contributed by atoms with van der Waals surface area (Å²) in [4.78, 5) is 30.8. The van der Waals surface area contributed by atoms with Crippen molar-refractivity contribution in [1.29, 1.82) is 0 Å². The fourth-order valence-corrected chi connectivity index (χ4v) is 4.38. The lowest BCUT2D eigenvalue weighted by Crippen LogP contribution is -2.58. The molecule has 13 nitrogen and oxygen atoms in total. The summed E-state index contributed by atoms with van der Waals surface area (Å²) in [6, 6.07) is -1.46. The Morgan fingerprint density at radius 2 is 2.00 bits per heavy atom. The van der Waals surface area contributed by atoms with E-state index in [1.807, 2.05) is 0 Å². The van der Waals surface area contributed by atoms with Crippen molar-refractivity contribution in [2.45, 2.75) is 63.6 Å². The number of alkyl halides is 5. The molecule has 0 spiro atoms. The molecule has 1 unspecified atom stereocenters. The molecular weight excluding hydrogens is 575 g/mol. The van der Waals surface area contributed by atoms with Crippen molar-refractivity contribution in [3.63, 3.8) is 0 Å². The predicted molar refractivity (Wildman–Crippen MR) is 133 cm³/mol. The largest absolute Gasteiger partial charge is 0.416 e. The number of imidazole rings is 1. The molecule has 0 radical (unpaired) electrons. The van der Waals surface area contributed by atoms with E-state index >= 15 is 0 Å². The SMILES string of the molecule is COC[C@H](c1cnn2cc(C(NC(=O)c3nonc3C)[C@H](C)OC(C)(C)C(F)(F)F)nc2c1)N1CC(F)(F)CNC1=O. The van der Waals surface area contributed by atoms with E-state index in [0.717, 1.165) is 18.7 Å².